The molecule has 0 bridgehead atoms. The van der Waals surface area contributed by atoms with Gasteiger partial charge in [0.05, 0.1) is 6.10 Å². The highest BCUT2D eigenvalue weighted by Crippen LogP contribution is 2.30. The van der Waals surface area contributed by atoms with Gasteiger partial charge in [0.1, 0.15) is 5.82 Å². The maximum absolute atomic E-state index is 13.5. The zero-order chi connectivity index (χ0) is 13.1. The lowest BCUT2D eigenvalue weighted by Gasteiger charge is -2.20. The van der Waals surface area contributed by atoms with Crippen LogP contribution < -0.4 is 0 Å². The molecule has 0 aliphatic heterocycles. The summed E-state index contributed by atoms with van der Waals surface area (Å²) in [6, 6.07) is 14.7. The van der Waals surface area contributed by atoms with Crippen LogP contribution in [0.5, 0.6) is 0 Å². The van der Waals surface area contributed by atoms with E-state index in [4.69, 9.17) is 0 Å². The Hall–Kier alpha value is -1.67. The minimum absolute atomic E-state index is 0.0618. The average Bonchev–Trinajstić information content (AvgIpc) is 2.41. The van der Waals surface area contributed by atoms with Crippen molar-refractivity contribution in [2.24, 2.45) is 0 Å². The number of rotatable bonds is 3. The van der Waals surface area contributed by atoms with E-state index < -0.39 is 6.10 Å². The Morgan fingerprint density at radius 2 is 1.67 bits per heavy atom. The molecule has 2 atom stereocenters. The predicted molar refractivity (Wildman–Crippen MR) is 71.0 cm³/mol. The lowest BCUT2D eigenvalue weighted by molar-refractivity contribution is 0.151. The van der Waals surface area contributed by atoms with E-state index in [9.17, 15) is 9.50 Å². The van der Waals surface area contributed by atoms with E-state index in [1.165, 1.54) is 6.07 Å². The van der Waals surface area contributed by atoms with Crippen molar-refractivity contribution in [1.29, 1.82) is 0 Å². The molecule has 0 saturated carbocycles. The van der Waals surface area contributed by atoms with Gasteiger partial charge in [-0.2, -0.15) is 0 Å². The number of aliphatic hydroxyl groups excluding tert-OH is 1. The largest absolute Gasteiger partial charge is 0.388 e. The summed E-state index contributed by atoms with van der Waals surface area (Å²) in [4.78, 5) is 0. The van der Waals surface area contributed by atoms with Crippen molar-refractivity contribution in [3.05, 3.63) is 71.0 Å². The molecule has 0 amide bonds. The van der Waals surface area contributed by atoms with Crippen molar-refractivity contribution < 1.29 is 9.50 Å². The maximum atomic E-state index is 13.5. The summed E-state index contributed by atoms with van der Waals surface area (Å²) in [5.41, 5.74) is 2.26. The molecule has 0 saturated heterocycles. The topological polar surface area (TPSA) is 20.2 Å². The second kappa shape index (κ2) is 5.32. The van der Waals surface area contributed by atoms with Crippen LogP contribution in [0.1, 0.15) is 35.6 Å². The molecule has 2 rings (SSSR count). The molecule has 94 valence electrons. The van der Waals surface area contributed by atoms with Gasteiger partial charge in [0.15, 0.2) is 0 Å². The van der Waals surface area contributed by atoms with Gasteiger partial charge in [-0.3, -0.25) is 0 Å². The van der Waals surface area contributed by atoms with Gasteiger partial charge >= 0.3 is 0 Å². The molecule has 0 aromatic heterocycles. The smallest absolute Gasteiger partial charge is 0.126 e. The monoisotopic (exact) mass is 244 g/mol. The SMILES string of the molecule is Cc1ccc(C(O)C(C)c2ccccc2)cc1F. The summed E-state index contributed by atoms with van der Waals surface area (Å²) in [7, 11) is 0. The molecule has 0 aliphatic rings. The van der Waals surface area contributed by atoms with Crippen molar-refractivity contribution in [1.82, 2.24) is 0 Å². The Morgan fingerprint density at radius 3 is 2.28 bits per heavy atom. The fraction of sp³-hybridized carbons (Fsp3) is 0.250. The van der Waals surface area contributed by atoms with Gasteiger partial charge in [-0.15, -0.1) is 0 Å². The summed E-state index contributed by atoms with van der Waals surface area (Å²) in [6.07, 6.45) is -0.692. The standard InChI is InChI=1S/C16H17FO/c1-11-8-9-14(10-15(11)17)16(18)12(2)13-6-4-3-5-7-13/h3-10,12,16,18H,1-2H3. The number of hydrogen-bond acceptors (Lipinski definition) is 1. The third kappa shape index (κ3) is 2.59. The van der Waals surface area contributed by atoms with E-state index in [1.807, 2.05) is 37.3 Å². The second-order valence-corrected chi connectivity index (χ2v) is 4.65. The molecule has 1 nitrogen and oxygen atoms in total. The van der Waals surface area contributed by atoms with E-state index in [0.717, 1.165) is 5.56 Å². The molecule has 0 heterocycles. The Kier molecular flexibility index (Phi) is 3.78. The lowest BCUT2D eigenvalue weighted by atomic mass is 9.90. The summed E-state index contributed by atoms with van der Waals surface area (Å²) >= 11 is 0. The Labute approximate surface area is 107 Å². The zero-order valence-electron chi connectivity index (χ0n) is 10.6. The number of hydrogen-bond donors (Lipinski definition) is 1. The minimum Gasteiger partial charge on any atom is -0.388 e. The second-order valence-electron chi connectivity index (χ2n) is 4.65. The Bertz CT molecular complexity index is 522. The molecular formula is C16H17FO. The molecule has 2 aromatic carbocycles. The molecule has 0 radical (unpaired) electrons. The Morgan fingerprint density at radius 1 is 1.00 bits per heavy atom. The summed E-state index contributed by atoms with van der Waals surface area (Å²) < 4.78 is 13.5. The first-order valence-electron chi connectivity index (χ1n) is 6.08. The van der Waals surface area contributed by atoms with Crippen LogP contribution in [0.2, 0.25) is 0 Å². The fourth-order valence-corrected chi connectivity index (χ4v) is 2.02. The van der Waals surface area contributed by atoms with Crippen LogP contribution in [0, 0.1) is 12.7 Å². The van der Waals surface area contributed by atoms with Crippen molar-refractivity contribution >= 4 is 0 Å². The maximum Gasteiger partial charge on any atom is 0.126 e. The van der Waals surface area contributed by atoms with Crippen LogP contribution in [0.25, 0.3) is 0 Å². The van der Waals surface area contributed by atoms with Crippen molar-refractivity contribution in [2.75, 3.05) is 0 Å². The van der Waals surface area contributed by atoms with Crippen LogP contribution in [-0.4, -0.2) is 5.11 Å². The normalized spacial score (nSPS) is 14.2. The van der Waals surface area contributed by atoms with Gasteiger partial charge in [-0.1, -0.05) is 49.4 Å². The first-order chi connectivity index (χ1) is 8.59. The van der Waals surface area contributed by atoms with E-state index in [1.54, 1.807) is 19.1 Å². The van der Waals surface area contributed by atoms with E-state index in [-0.39, 0.29) is 11.7 Å². The number of benzene rings is 2. The summed E-state index contributed by atoms with van der Waals surface area (Å²) in [6.45, 7) is 3.66. The average molecular weight is 244 g/mol. The summed E-state index contributed by atoms with van der Waals surface area (Å²) in [5, 5.41) is 10.3. The quantitative estimate of drug-likeness (QED) is 0.866. The van der Waals surface area contributed by atoms with Crippen LogP contribution in [0.3, 0.4) is 0 Å². The first kappa shape index (κ1) is 12.8. The van der Waals surface area contributed by atoms with E-state index in [2.05, 4.69) is 0 Å². The van der Waals surface area contributed by atoms with Crippen LogP contribution in [0.15, 0.2) is 48.5 Å². The van der Waals surface area contributed by atoms with Crippen LogP contribution in [-0.2, 0) is 0 Å². The van der Waals surface area contributed by atoms with Crippen LogP contribution in [0.4, 0.5) is 4.39 Å². The van der Waals surface area contributed by atoms with Crippen molar-refractivity contribution in [3.63, 3.8) is 0 Å². The lowest BCUT2D eigenvalue weighted by Crippen LogP contribution is -2.08. The van der Waals surface area contributed by atoms with Crippen molar-refractivity contribution in [3.8, 4) is 0 Å². The highest BCUT2D eigenvalue weighted by molar-refractivity contribution is 5.29. The molecule has 0 fully saturated rings. The van der Waals surface area contributed by atoms with E-state index in [0.29, 0.717) is 11.1 Å². The third-order valence-electron chi connectivity index (χ3n) is 3.34. The first-order valence-corrected chi connectivity index (χ1v) is 6.08. The third-order valence-corrected chi connectivity index (χ3v) is 3.34. The molecule has 2 aromatic rings. The van der Waals surface area contributed by atoms with Gasteiger partial charge in [0.25, 0.3) is 0 Å². The Balaban J connectivity index is 2.25. The van der Waals surface area contributed by atoms with Crippen molar-refractivity contribution in [2.45, 2.75) is 25.9 Å². The molecule has 18 heavy (non-hydrogen) atoms. The molecular weight excluding hydrogens is 227 g/mol. The van der Waals surface area contributed by atoms with Gasteiger partial charge in [-0.05, 0) is 29.7 Å². The minimum atomic E-state index is -0.692. The van der Waals surface area contributed by atoms with Crippen LogP contribution >= 0.6 is 0 Å². The van der Waals surface area contributed by atoms with Gasteiger partial charge in [0.2, 0.25) is 0 Å². The number of halogens is 1. The van der Waals surface area contributed by atoms with Gasteiger partial charge < -0.3 is 5.11 Å². The molecule has 2 heteroatoms. The van der Waals surface area contributed by atoms with Gasteiger partial charge in [-0.25, -0.2) is 4.39 Å². The highest BCUT2D eigenvalue weighted by Gasteiger charge is 2.18. The van der Waals surface area contributed by atoms with Gasteiger partial charge in [0, 0.05) is 5.92 Å². The number of aryl methyl sites for hydroxylation is 1. The zero-order valence-corrected chi connectivity index (χ0v) is 10.6. The fourth-order valence-electron chi connectivity index (χ4n) is 2.02. The highest BCUT2D eigenvalue weighted by atomic mass is 19.1. The molecule has 1 N–H and O–H groups in total. The van der Waals surface area contributed by atoms with E-state index >= 15 is 0 Å². The predicted octanol–water partition coefficient (Wildman–Crippen LogP) is 3.97. The molecule has 0 aliphatic carbocycles. The molecule has 2 unspecified atom stereocenters. The number of aliphatic hydroxyl groups is 1. The molecule has 0 spiro atoms. The summed E-state index contributed by atoms with van der Waals surface area (Å²) in [5.74, 6) is -0.333.